The van der Waals surface area contributed by atoms with Gasteiger partial charge in [-0.05, 0) is 25.3 Å². The van der Waals surface area contributed by atoms with Crippen molar-refractivity contribution in [3.05, 3.63) is 18.2 Å². The third-order valence-corrected chi connectivity index (χ3v) is 3.89. The number of carbonyl (C=O) groups excluding carboxylic acids is 1. The molecule has 1 heterocycles. The van der Waals surface area contributed by atoms with Crippen molar-refractivity contribution >= 4 is 11.9 Å². The monoisotopic (exact) mass is 280 g/mol. The number of aliphatic carboxylic acids is 1. The number of H-pyrrole nitrogens is 1. The zero-order valence-corrected chi connectivity index (χ0v) is 11.2. The third kappa shape index (κ3) is 3.36. The molecule has 5 N–H and O–H groups in total. The molecule has 1 aliphatic rings. The number of nitrogens with zero attached hydrogens (tertiary/aromatic N) is 1. The number of nitrogens with one attached hydrogen (secondary N) is 2. The Morgan fingerprint density at radius 2 is 2.35 bits per heavy atom. The van der Waals surface area contributed by atoms with Crippen molar-refractivity contribution in [2.24, 2.45) is 17.6 Å². The lowest BCUT2D eigenvalue weighted by Crippen LogP contribution is -2.46. The molecule has 0 spiro atoms. The molecule has 0 saturated heterocycles. The Hall–Kier alpha value is -1.89. The summed E-state index contributed by atoms with van der Waals surface area (Å²) in [6.07, 6.45) is 5.92. The van der Waals surface area contributed by atoms with Crippen molar-refractivity contribution in [3.8, 4) is 0 Å². The molecule has 2 rings (SSSR count). The molecule has 7 nitrogen and oxygen atoms in total. The van der Waals surface area contributed by atoms with Gasteiger partial charge in [0.2, 0.25) is 5.91 Å². The van der Waals surface area contributed by atoms with E-state index in [-0.39, 0.29) is 24.2 Å². The number of nitrogens with two attached hydrogens (primary N) is 1. The number of hydrogen-bond acceptors (Lipinski definition) is 4. The van der Waals surface area contributed by atoms with Crippen molar-refractivity contribution in [1.29, 1.82) is 0 Å². The molecule has 3 unspecified atom stereocenters. The zero-order chi connectivity index (χ0) is 14.5. The summed E-state index contributed by atoms with van der Waals surface area (Å²) < 4.78 is 0. The Bertz CT molecular complexity index is 460. The predicted molar refractivity (Wildman–Crippen MR) is 71.7 cm³/mol. The molecule has 0 aromatic carbocycles. The van der Waals surface area contributed by atoms with Crippen LogP contribution in [0.4, 0.5) is 0 Å². The Morgan fingerprint density at radius 3 is 2.95 bits per heavy atom. The lowest BCUT2D eigenvalue weighted by Gasteiger charge is -2.20. The van der Waals surface area contributed by atoms with E-state index in [9.17, 15) is 14.7 Å². The summed E-state index contributed by atoms with van der Waals surface area (Å²) in [6, 6.07) is -0.943. The molecule has 1 saturated carbocycles. The van der Waals surface area contributed by atoms with Crippen LogP contribution >= 0.6 is 0 Å². The fourth-order valence-electron chi connectivity index (χ4n) is 2.76. The fourth-order valence-corrected chi connectivity index (χ4v) is 2.76. The average molecular weight is 280 g/mol. The number of carboxylic acid groups (broad SMARTS) is 1. The van der Waals surface area contributed by atoms with E-state index in [4.69, 9.17) is 5.73 Å². The van der Waals surface area contributed by atoms with Crippen LogP contribution in [0.25, 0.3) is 0 Å². The molecular formula is C13H20N4O3. The minimum atomic E-state index is -1.05. The van der Waals surface area contributed by atoms with E-state index in [2.05, 4.69) is 15.3 Å². The molecule has 1 aromatic rings. The quantitative estimate of drug-likeness (QED) is 0.579. The highest BCUT2D eigenvalue weighted by Crippen LogP contribution is 2.31. The SMILES string of the molecule is NCC1CCCC1C(=O)NC(Cc1cnc[nH]1)C(=O)O. The van der Waals surface area contributed by atoms with Gasteiger partial charge in [0, 0.05) is 24.2 Å². The maximum Gasteiger partial charge on any atom is 0.326 e. The molecule has 0 aliphatic heterocycles. The summed E-state index contributed by atoms with van der Waals surface area (Å²) in [7, 11) is 0. The third-order valence-electron chi connectivity index (χ3n) is 3.89. The molecule has 1 fully saturated rings. The van der Waals surface area contributed by atoms with Crippen molar-refractivity contribution in [2.45, 2.75) is 31.7 Å². The van der Waals surface area contributed by atoms with Gasteiger partial charge in [-0.3, -0.25) is 4.79 Å². The van der Waals surface area contributed by atoms with Gasteiger partial charge in [0.05, 0.1) is 6.33 Å². The highest BCUT2D eigenvalue weighted by molar-refractivity contribution is 5.85. The van der Waals surface area contributed by atoms with E-state index in [1.54, 1.807) is 6.20 Å². The summed E-state index contributed by atoms with van der Waals surface area (Å²) >= 11 is 0. The molecule has 1 aliphatic carbocycles. The van der Waals surface area contributed by atoms with E-state index in [0.717, 1.165) is 19.3 Å². The Morgan fingerprint density at radius 1 is 1.55 bits per heavy atom. The van der Waals surface area contributed by atoms with Crippen molar-refractivity contribution in [3.63, 3.8) is 0 Å². The number of aromatic nitrogens is 2. The molecule has 0 radical (unpaired) electrons. The van der Waals surface area contributed by atoms with Gasteiger partial charge >= 0.3 is 5.97 Å². The van der Waals surface area contributed by atoms with Gasteiger partial charge in [0.25, 0.3) is 0 Å². The van der Waals surface area contributed by atoms with Gasteiger partial charge in [-0.1, -0.05) is 6.42 Å². The Labute approximate surface area is 117 Å². The van der Waals surface area contributed by atoms with Crippen LogP contribution in [0.2, 0.25) is 0 Å². The normalized spacial score (nSPS) is 23.4. The number of aromatic amines is 1. The first kappa shape index (κ1) is 14.5. The van der Waals surface area contributed by atoms with Gasteiger partial charge < -0.3 is 21.1 Å². The first-order valence-electron chi connectivity index (χ1n) is 6.82. The molecule has 20 heavy (non-hydrogen) atoms. The number of amides is 1. The number of carboxylic acids is 1. The second-order valence-electron chi connectivity index (χ2n) is 5.21. The van der Waals surface area contributed by atoms with Crippen LogP contribution in [0.5, 0.6) is 0 Å². The van der Waals surface area contributed by atoms with Gasteiger partial charge in [-0.25, -0.2) is 9.78 Å². The molecule has 1 amide bonds. The number of carbonyl (C=O) groups is 2. The van der Waals surface area contributed by atoms with Crippen LogP contribution in [0.1, 0.15) is 25.0 Å². The van der Waals surface area contributed by atoms with Crippen LogP contribution in [-0.2, 0) is 16.0 Å². The second kappa shape index (κ2) is 6.51. The fraction of sp³-hybridized carbons (Fsp3) is 0.615. The Kier molecular flexibility index (Phi) is 4.73. The van der Waals surface area contributed by atoms with Crippen LogP contribution in [0.15, 0.2) is 12.5 Å². The highest BCUT2D eigenvalue weighted by atomic mass is 16.4. The minimum Gasteiger partial charge on any atom is -0.480 e. The Balaban J connectivity index is 1.97. The smallest absolute Gasteiger partial charge is 0.326 e. The van der Waals surface area contributed by atoms with Crippen molar-refractivity contribution in [1.82, 2.24) is 15.3 Å². The van der Waals surface area contributed by atoms with Gasteiger partial charge in [-0.15, -0.1) is 0 Å². The number of imidazole rings is 1. The first-order chi connectivity index (χ1) is 9.61. The average Bonchev–Trinajstić information content (AvgIpc) is 3.08. The zero-order valence-electron chi connectivity index (χ0n) is 11.2. The number of rotatable bonds is 6. The largest absolute Gasteiger partial charge is 0.480 e. The lowest BCUT2D eigenvalue weighted by atomic mass is 9.95. The van der Waals surface area contributed by atoms with Crippen molar-refractivity contribution < 1.29 is 14.7 Å². The minimum absolute atomic E-state index is 0.163. The van der Waals surface area contributed by atoms with E-state index in [1.807, 2.05) is 0 Å². The second-order valence-corrected chi connectivity index (χ2v) is 5.21. The van der Waals surface area contributed by atoms with Gasteiger partial charge in [0.15, 0.2) is 0 Å². The summed E-state index contributed by atoms with van der Waals surface area (Å²) in [5.74, 6) is -1.25. The summed E-state index contributed by atoms with van der Waals surface area (Å²) in [5.41, 5.74) is 6.33. The van der Waals surface area contributed by atoms with Crippen molar-refractivity contribution in [2.75, 3.05) is 6.54 Å². The predicted octanol–water partition coefficient (Wildman–Crippen LogP) is -0.103. The molecule has 3 atom stereocenters. The standard InChI is InChI=1S/C13H20N4O3/c14-5-8-2-1-3-10(8)12(18)17-11(13(19)20)4-9-6-15-7-16-9/h6-8,10-11H,1-5,14H2,(H,15,16)(H,17,18)(H,19,20). The maximum atomic E-state index is 12.2. The van der Waals surface area contributed by atoms with Gasteiger partial charge in [-0.2, -0.15) is 0 Å². The molecule has 1 aromatic heterocycles. The highest BCUT2D eigenvalue weighted by Gasteiger charge is 2.34. The maximum absolute atomic E-state index is 12.2. The van der Waals surface area contributed by atoms with Crippen LogP contribution in [0, 0.1) is 11.8 Å². The molecule has 0 bridgehead atoms. The van der Waals surface area contributed by atoms with Crippen LogP contribution in [0.3, 0.4) is 0 Å². The molecule has 7 heteroatoms. The van der Waals surface area contributed by atoms with E-state index < -0.39 is 12.0 Å². The summed E-state index contributed by atoms with van der Waals surface area (Å²) in [5, 5.41) is 11.8. The van der Waals surface area contributed by atoms with Gasteiger partial charge in [0.1, 0.15) is 6.04 Å². The van der Waals surface area contributed by atoms with E-state index in [1.165, 1.54) is 6.33 Å². The summed E-state index contributed by atoms with van der Waals surface area (Å²) in [4.78, 5) is 30.1. The topological polar surface area (TPSA) is 121 Å². The molecular weight excluding hydrogens is 260 g/mol. The van der Waals surface area contributed by atoms with E-state index in [0.29, 0.717) is 12.2 Å². The van der Waals surface area contributed by atoms with Crippen LogP contribution < -0.4 is 11.1 Å². The lowest BCUT2D eigenvalue weighted by molar-refractivity contribution is -0.142. The number of hydrogen-bond donors (Lipinski definition) is 4. The van der Waals surface area contributed by atoms with Crippen LogP contribution in [-0.4, -0.2) is 39.5 Å². The summed E-state index contributed by atoms with van der Waals surface area (Å²) in [6.45, 7) is 0.469. The van der Waals surface area contributed by atoms with E-state index >= 15 is 0 Å². The molecule has 110 valence electrons. The first-order valence-corrected chi connectivity index (χ1v) is 6.82.